The van der Waals surface area contributed by atoms with Gasteiger partial charge in [-0.1, -0.05) is 0 Å². The first-order valence-corrected chi connectivity index (χ1v) is 8.62. The molecule has 0 bridgehead atoms. The minimum absolute atomic E-state index is 0. The highest BCUT2D eigenvalue weighted by molar-refractivity contribution is 14.0. The number of rotatable bonds is 10. The summed E-state index contributed by atoms with van der Waals surface area (Å²) in [7, 11) is 0. The van der Waals surface area contributed by atoms with Gasteiger partial charge in [0.1, 0.15) is 12.4 Å². The molecule has 6 nitrogen and oxygen atoms in total. The SMILES string of the molecule is CCNC(=NCCCOCc1ccco1)NCCC1CCCO1.I. The van der Waals surface area contributed by atoms with E-state index in [1.807, 2.05) is 12.1 Å². The average molecular weight is 451 g/mol. The van der Waals surface area contributed by atoms with E-state index < -0.39 is 0 Å². The Morgan fingerprint density at radius 1 is 1.42 bits per heavy atom. The first kappa shape index (κ1) is 21.2. The predicted molar refractivity (Wildman–Crippen MR) is 106 cm³/mol. The van der Waals surface area contributed by atoms with Crippen LogP contribution in [0.15, 0.2) is 27.8 Å². The van der Waals surface area contributed by atoms with E-state index in [1.54, 1.807) is 6.26 Å². The predicted octanol–water partition coefficient (Wildman–Crippen LogP) is 2.93. The molecule has 24 heavy (non-hydrogen) atoms. The van der Waals surface area contributed by atoms with Crippen molar-refractivity contribution in [1.29, 1.82) is 0 Å². The number of nitrogens with zero attached hydrogens (tertiary/aromatic N) is 1. The van der Waals surface area contributed by atoms with Crippen molar-refractivity contribution in [2.75, 3.05) is 32.8 Å². The Hall–Kier alpha value is -0.800. The summed E-state index contributed by atoms with van der Waals surface area (Å²) in [5.74, 6) is 1.73. The minimum atomic E-state index is 0. The highest BCUT2D eigenvalue weighted by Gasteiger charge is 2.14. The zero-order valence-corrected chi connectivity index (χ0v) is 16.8. The van der Waals surface area contributed by atoms with E-state index >= 15 is 0 Å². The van der Waals surface area contributed by atoms with E-state index in [-0.39, 0.29) is 24.0 Å². The first-order chi connectivity index (χ1) is 11.4. The summed E-state index contributed by atoms with van der Waals surface area (Å²) in [6.07, 6.45) is 6.38. The van der Waals surface area contributed by atoms with Crippen LogP contribution in [-0.4, -0.2) is 44.9 Å². The van der Waals surface area contributed by atoms with Crippen molar-refractivity contribution < 1.29 is 13.9 Å². The van der Waals surface area contributed by atoms with E-state index in [4.69, 9.17) is 13.9 Å². The molecule has 1 aromatic heterocycles. The van der Waals surface area contributed by atoms with Gasteiger partial charge < -0.3 is 24.5 Å². The quantitative estimate of drug-likeness (QED) is 0.248. The lowest BCUT2D eigenvalue weighted by atomic mass is 10.2. The fourth-order valence-electron chi connectivity index (χ4n) is 2.49. The molecule has 0 aromatic carbocycles. The topological polar surface area (TPSA) is 68.0 Å². The Kier molecular flexibility index (Phi) is 11.9. The van der Waals surface area contributed by atoms with Gasteiger partial charge in [-0.3, -0.25) is 4.99 Å². The smallest absolute Gasteiger partial charge is 0.191 e. The molecule has 1 atom stereocenters. The Morgan fingerprint density at radius 2 is 2.33 bits per heavy atom. The maximum atomic E-state index is 5.63. The molecule has 1 saturated heterocycles. The second kappa shape index (κ2) is 13.5. The molecule has 1 aliphatic rings. The molecular formula is C17H30IN3O3. The molecule has 2 heterocycles. The molecular weight excluding hydrogens is 421 g/mol. The Labute approximate surface area is 161 Å². The lowest BCUT2D eigenvalue weighted by molar-refractivity contribution is 0.105. The van der Waals surface area contributed by atoms with Crippen LogP contribution < -0.4 is 10.6 Å². The largest absolute Gasteiger partial charge is 0.467 e. The van der Waals surface area contributed by atoms with Gasteiger partial charge in [-0.25, -0.2) is 0 Å². The molecule has 7 heteroatoms. The lowest BCUT2D eigenvalue weighted by Crippen LogP contribution is -2.38. The van der Waals surface area contributed by atoms with E-state index in [1.165, 1.54) is 12.8 Å². The van der Waals surface area contributed by atoms with Gasteiger partial charge >= 0.3 is 0 Å². The summed E-state index contributed by atoms with van der Waals surface area (Å²) in [6.45, 7) is 6.69. The third kappa shape index (κ3) is 8.89. The summed E-state index contributed by atoms with van der Waals surface area (Å²) >= 11 is 0. The minimum Gasteiger partial charge on any atom is -0.467 e. The van der Waals surface area contributed by atoms with E-state index in [2.05, 4.69) is 22.5 Å². The fourth-order valence-corrected chi connectivity index (χ4v) is 2.49. The number of guanidine groups is 1. The van der Waals surface area contributed by atoms with Gasteiger partial charge in [0.05, 0.1) is 12.4 Å². The van der Waals surface area contributed by atoms with Crippen LogP contribution in [0.25, 0.3) is 0 Å². The molecule has 138 valence electrons. The van der Waals surface area contributed by atoms with Crippen molar-refractivity contribution in [2.24, 2.45) is 4.99 Å². The van der Waals surface area contributed by atoms with Gasteiger partial charge in [0.15, 0.2) is 5.96 Å². The van der Waals surface area contributed by atoms with Crippen molar-refractivity contribution in [3.63, 3.8) is 0 Å². The second-order valence-electron chi connectivity index (χ2n) is 5.60. The molecule has 2 N–H and O–H groups in total. The second-order valence-corrected chi connectivity index (χ2v) is 5.60. The molecule has 1 fully saturated rings. The highest BCUT2D eigenvalue weighted by Crippen LogP contribution is 2.14. The molecule has 0 amide bonds. The molecule has 0 aliphatic carbocycles. The van der Waals surface area contributed by atoms with E-state index in [9.17, 15) is 0 Å². The van der Waals surface area contributed by atoms with Crippen molar-refractivity contribution in [2.45, 2.75) is 45.3 Å². The Bertz CT molecular complexity index is 434. The molecule has 0 radical (unpaired) electrons. The van der Waals surface area contributed by atoms with Crippen LogP contribution in [0.4, 0.5) is 0 Å². The van der Waals surface area contributed by atoms with Crippen molar-refractivity contribution in [3.8, 4) is 0 Å². The zero-order valence-electron chi connectivity index (χ0n) is 14.5. The molecule has 1 unspecified atom stereocenters. The molecule has 1 aliphatic heterocycles. The number of ether oxygens (including phenoxy) is 2. The normalized spacial score (nSPS) is 17.5. The lowest BCUT2D eigenvalue weighted by Gasteiger charge is -2.13. The summed E-state index contributed by atoms with van der Waals surface area (Å²) in [6, 6.07) is 3.79. The summed E-state index contributed by atoms with van der Waals surface area (Å²) in [4.78, 5) is 4.56. The number of hydrogen-bond acceptors (Lipinski definition) is 4. The van der Waals surface area contributed by atoms with Crippen LogP contribution in [0.1, 0.15) is 38.4 Å². The first-order valence-electron chi connectivity index (χ1n) is 8.62. The van der Waals surface area contributed by atoms with Crippen molar-refractivity contribution in [1.82, 2.24) is 10.6 Å². The van der Waals surface area contributed by atoms with Gasteiger partial charge in [-0.2, -0.15) is 0 Å². The third-order valence-electron chi connectivity index (χ3n) is 3.67. The van der Waals surface area contributed by atoms with Gasteiger partial charge in [-0.15, -0.1) is 24.0 Å². The number of aliphatic imine (C=N–C) groups is 1. The van der Waals surface area contributed by atoms with Gasteiger partial charge in [0, 0.05) is 32.8 Å². The van der Waals surface area contributed by atoms with Crippen LogP contribution in [0.3, 0.4) is 0 Å². The van der Waals surface area contributed by atoms with Crippen molar-refractivity contribution >= 4 is 29.9 Å². The number of halogens is 1. The Balaban J connectivity index is 0.00000288. The van der Waals surface area contributed by atoms with Crippen LogP contribution >= 0.6 is 24.0 Å². The van der Waals surface area contributed by atoms with Gasteiger partial charge in [0.25, 0.3) is 0 Å². The number of hydrogen-bond donors (Lipinski definition) is 2. The summed E-state index contributed by atoms with van der Waals surface area (Å²) < 4.78 is 16.4. The van der Waals surface area contributed by atoms with Gasteiger partial charge in [-0.05, 0) is 44.7 Å². The monoisotopic (exact) mass is 451 g/mol. The molecule has 0 spiro atoms. The van der Waals surface area contributed by atoms with E-state index in [0.717, 1.165) is 50.8 Å². The van der Waals surface area contributed by atoms with E-state index in [0.29, 0.717) is 19.3 Å². The average Bonchev–Trinajstić information content (AvgIpc) is 3.24. The fraction of sp³-hybridized carbons (Fsp3) is 0.706. The van der Waals surface area contributed by atoms with Crippen LogP contribution in [-0.2, 0) is 16.1 Å². The summed E-state index contributed by atoms with van der Waals surface area (Å²) in [5.41, 5.74) is 0. The number of nitrogens with one attached hydrogen (secondary N) is 2. The van der Waals surface area contributed by atoms with Gasteiger partial charge in [0.2, 0.25) is 0 Å². The Morgan fingerprint density at radius 3 is 3.04 bits per heavy atom. The van der Waals surface area contributed by atoms with Crippen LogP contribution in [0, 0.1) is 0 Å². The maximum absolute atomic E-state index is 5.63. The van der Waals surface area contributed by atoms with Crippen molar-refractivity contribution in [3.05, 3.63) is 24.2 Å². The standard InChI is InChI=1S/C17H29N3O3.HI/c1-2-18-17(20-10-8-15-6-3-12-22-15)19-9-5-11-21-14-16-7-4-13-23-16;/h4,7,13,15H,2-3,5-6,8-12,14H2,1H3,(H2,18,19,20);1H. The molecule has 0 saturated carbocycles. The third-order valence-corrected chi connectivity index (χ3v) is 3.67. The maximum Gasteiger partial charge on any atom is 0.191 e. The molecule has 1 aromatic rings. The molecule has 2 rings (SSSR count). The number of furan rings is 1. The highest BCUT2D eigenvalue weighted by atomic mass is 127. The van der Waals surface area contributed by atoms with Crippen LogP contribution in [0.5, 0.6) is 0 Å². The van der Waals surface area contributed by atoms with Crippen LogP contribution in [0.2, 0.25) is 0 Å². The summed E-state index contributed by atoms with van der Waals surface area (Å²) in [5, 5.41) is 6.63. The zero-order chi connectivity index (χ0) is 16.2.